The van der Waals surface area contributed by atoms with Crippen molar-refractivity contribution >= 4 is 27.3 Å². The zero-order chi connectivity index (χ0) is 9.97. The third kappa shape index (κ3) is 2.38. The molecule has 2 rings (SSSR count). The Bertz CT molecular complexity index is 291. The molecule has 1 saturated carbocycles. The first kappa shape index (κ1) is 10.7. The van der Waals surface area contributed by atoms with E-state index >= 15 is 0 Å². The number of hydrogen-bond donors (Lipinski definition) is 1. The summed E-state index contributed by atoms with van der Waals surface area (Å²) >= 11 is 5.11. The maximum atomic E-state index is 10.0. The first-order valence-corrected chi connectivity index (χ1v) is 6.90. The highest BCUT2D eigenvalue weighted by Crippen LogP contribution is 2.36. The Morgan fingerprint density at radius 1 is 1.43 bits per heavy atom. The van der Waals surface area contributed by atoms with Crippen molar-refractivity contribution in [3.05, 3.63) is 20.8 Å². The Morgan fingerprint density at radius 3 is 2.71 bits per heavy atom. The van der Waals surface area contributed by atoms with E-state index in [-0.39, 0.29) is 6.10 Å². The molecule has 0 bridgehead atoms. The fraction of sp³-hybridized carbons (Fsp3) is 0.636. The molecule has 14 heavy (non-hydrogen) atoms. The van der Waals surface area contributed by atoms with Crippen LogP contribution < -0.4 is 0 Å². The Hall–Kier alpha value is 0.140. The van der Waals surface area contributed by atoms with Crippen LogP contribution in [-0.4, -0.2) is 5.11 Å². The van der Waals surface area contributed by atoms with E-state index in [1.165, 1.54) is 25.7 Å². The summed E-state index contributed by atoms with van der Waals surface area (Å²) in [5.41, 5.74) is 1.07. The van der Waals surface area contributed by atoms with Gasteiger partial charge in [-0.05, 0) is 33.6 Å². The van der Waals surface area contributed by atoms with Gasteiger partial charge in [0.15, 0.2) is 0 Å². The highest BCUT2D eigenvalue weighted by Gasteiger charge is 2.21. The van der Waals surface area contributed by atoms with Gasteiger partial charge in [-0.1, -0.05) is 25.7 Å². The molecule has 1 aliphatic carbocycles. The number of thiophene rings is 1. The van der Waals surface area contributed by atoms with Gasteiger partial charge in [-0.2, -0.15) is 11.3 Å². The number of rotatable bonds is 3. The molecule has 0 aliphatic heterocycles. The average molecular weight is 275 g/mol. The molecule has 1 heterocycles. The molecule has 0 aromatic carbocycles. The topological polar surface area (TPSA) is 20.2 Å². The minimum atomic E-state index is -0.265. The van der Waals surface area contributed by atoms with E-state index in [1.807, 2.05) is 10.8 Å². The average Bonchev–Trinajstić information content (AvgIpc) is 2.75. The minimum Gasteiger partial charge on any atom is -0.388 e. The summed E-state index contributed by atoms with van der Waals surface area (Å²) in [5.74, 6) is 0.747. The fourth-order valence-electron chi connectivity index (χ4n) is 2.22. The van der Waals surface area contributed by atoms with Crippen molar-refractivity contribution in [3.8, 4) is 0 Å². The zero-order valence-electron chi connectivity index (χ0n) is 8.08. The summed E-state index contributed by atoms with van der Waals surface area (Å²) in [6.07, 6.45) is 5.98. The van der Waals surface area contributed by atoms with Gasteiger partial charge < -0.3 is 5.11 Å². The first-order chi connectivity index (χ1) is 6.77. The number of aliphatic hydroxyl groups excluding tert-OH is 1. The van der Waals surface area contributed by atoms with Gasteiger partial charge in [0.2, 0.25) is 0 Å². The summed E-state index contributed by atoms with van der Waals surface area (Å²) in [4.78, 5) is 0. The molecule has 1 N–H and O–H groups in total. The lowest BCUT2D eigenvalue weighted by Gasteiger charge is -2.14. The Balaban J connectivity index is 1.95. The molecule has 1 nitrogen and oxygen atoms in total. The van der Waals surface area contributed by atoms with Crippen molar-refractivity contribution in [2.75, 3.05) is 0 Å². The summed E-state index contributed by atoms with van der Waals surface area (Å²) < 4.78 is 1.06. The van der Waals surface area contributed by atoms with Crippen LogP contribution in [0.3, 0.4) is 0 Å². The molecule has 78 valence electrons. The standard InChI is InChI=1S/C11H15BrOS/c12-10-7-14-6-9(10)11(13)5-8-3-1-2-4-8/h6-8,11,13H,1-5H2. The van der Waals surface area contributed by atoms with E-state index < -0.39 is 0 Å². The van der Waals surface area contributed by atoms with Crippen molar-refractivity contribution in [1.29, 1.82) is 0 Å². The Labute approximate surface area is 97.3 Å². The molecule has 1 fully saturated rings. The molecule has 1 aromatic heterocycles. The SMILES string of the molecule is OC(CC1CCCC1)c1cscc1Br. The Kier molecular flexibility index (Phi) is 3.63. The van der Waals surface area contributed by atoms with E-state index in [2.05, 4.69) is 15.9 Å². The molecule has 0 amide bonds. The highest BCUT2D eigenvalue weighted by atomic mass is 79.9. The lowest BCUT2D eigenvalue weighted by Crippen LogP contribution is -2.03. The van der Waals surface area contributed by atoms with Crippen molar-refractivity contribution in [2.24, 2.45) is 5.92 Å². The van der Waals surface area contributed by atoms with Crippen molar-refractivity contribution in [3.63, 3.8) is 0 Å². The molecule has 1 atom stereocenters. The van der Waals surface area contributed by atoms with Gasteiger partial charge in [-0.15, -0.1) is 0 Å². The largest absolute Gasteiger partial charge is 0.388 e. The maximum absolute atomic E-state index is 10.0. The molecule has 0 saturated heterocycles. The van der Waals surface area contributed by atoms with Crippen LogP contribution in [0.2, 0.25) is 0 Å². The van der Waals surface area contributed by atoms with Crippen LogP contribution in [-0.2, 0) is 0 Å². The van der Waals surface area contributed by atoms with E-state index in [0.717, 1.165) is 22.4 Å². The summed E-state index contributed by atoms with van der Waals surface area (Å²) in [6.45, 7) is 0. The third-order valence-corrected chi connectivity index (χ3v) is 4.78. The van der Waals surface area contributed by atoms with Gasteiger partial charge >= 0.3 is 0 Å². The summed E-state index contributed by atoms with van der Waals surface area (Å²) in [7, 11) is 0. The van der Waals surface area contributed by atoms with Crippen LogP contribution in [0.25, 0.3) is 0 Å². The summed E-state index contributed by atoms with van der Waals surface area (Å²) in [6, 6.07) is 0. The number of hydrogen-bond acceptors (Lipinski definition) is 2. The maximum Gasteiger partial charge on any atom is 0.0811 e. The van der Waals surface area contributed by atoms with Gasteiger partial charge in [-0.25, -0.2) is 0 Å². The monoisotopic (exact) mass is 274 g/mol. The van der Waals surface area contributed by atoms with E-state index in [0.29, 0.717) is 0 Å². The molecule has 1 aromatic rings. The van der Waals surface area contributed by atoms with Crippen LogP contribution in [0.4, 0.5) is 0 Å². The minimum absolute atomic E-state index is 0.265. The normalized spacial score (nSPS) is 20.1. The first-order valence-electron chi connectivity index (χ1n) is 5.17. The second-order valence-electron chi connectivity index (χ2n) is 4.08. The Morgan fingerprint density at radius 2 is 2.14 bits per heavy atom. The fourth-order valence-corrected chi connectivity index (χ4v) is 3.83. The second kappa shape index (κ2) is 4.77. The van der Waals surface area contributed by atoms with Crippen molar-refractivity contribution in [2.45, 2.75) is 38.2 Å². The molecule has 0 radical (unpaired) electrons. The number of aliphatic hydroxyl groups is 1. The zero-order valence-corrected chi connectivity index (χ0v) is 10.5. The molecule has 1 aliphatic rings. The van der Waals surface area contributed by atoms with Crippen molar-refractivity contribution in [1.82, 2.24) is 0 Å². The van der Waals surface area contributed by atoms with Crippen LogP contribution in [0.15, 0.2) is 15.2 Å². The predicted octanol–water partition coefficient (Wildman–Crippen LogP) is 4.12. The third-order valence-electron chi connectivity index (χ3n) is 3.03. The van der Waals surface area contributed by atoms with Crippen LogP contribution in [0, 0.1) is 5.92 Å². The van der Waals surface area contributed by atoms with Gasteiger partial charge in [0, 0.05) is 15.4 Å². The second-order valence-corrected chi connectivity index (χ2v) is 5.67. The molecule has 0 spiro atoms. The van der Waals surface area contributed by atoms with Crippen LogP contribution in [0.1, 0.15) is 43.8 Å². The molecular formula is C11H15BrOS. The van der Waals surface area contributed by atoms with Gasteiger partial charge in [0.1, 0.15) is 0 Å². The van der Waals surface area contributed by atoms with E-state index in [4.69, 9.17) is 0 Å². The van der Waals surface area contributed by atoms with Crippen molar-refractivity contribution < 1.29 is 5.11 Å². The highest BCUT2D eigenvalue weighted by molar-refractivity contribution is 9.10. The summed E-state index contributed by atoms with van der Waals surface area (Å²) in [5, 5.41) is 14.1. The quantitative estimate of drug-likeness (QED) is 0.879. The van der Waals surface area contributed by atoms with Gasteiger partial charge in [0.05, 0.1) is 6.10 Å². The van der Waals surface area contributed by atoms with Crippen LogP contribution >= 0.6 is 27.3 Å². The molecule has 1 unspecified atom stereocenters. The van der Waals surface area contributed by atoms with E-state index in [9.17, 15) is 5.11 Å². The van der Waals surface area contributed by atoms with E-state index in [1.54, 1.807) is 11.3 Å². The molecular weight excluding hydrogens is 260 g/mol. The smallest absolute Gasteiger partial charge is 0.0811 e. The van der Waals surface area contributed by atoms with Crippen LogP contribution in [0.5, 0.6) is 0 Å². The molecule has 3 heteroatoms. The lowest BCUT2D eigenvalue weighted by atomic mass is 9.97. The number of halogens is 1. The van der Waals surface area contributed by atoms with Gasteiger partial charge in [0.25, 0.3) is 0 Å². The van der Waals surface area contributed by atoms with Gasteiger partial charge in [-0.3, -0.25) is 0 Å². The predicted molar refractivity (Wildman–Crippen MR) is 63.6 cm³/mol. The lowest BCUT2D eigenvalue weighted by molar-refractivity contribution is 0.144.